The molecule has 2 aromatic carbocycles. The lowest BCUT2D eigenvalue weighted by molar-refractivity contribution is -0.146. The second-order valence-electron chi connectivity index (χ2n) is 5.39. The van der Waals surface area contributed by atoms with Gasteiger partial charge in [0.05, 0.1) is 12.0 Å². The van der Waals surface area contributed by atoms with Crippen LogP contribution in [0.2, 0.25) is 0 Å². The Hall–Kier alpha value is -1.61. The molecule has 0 heterocycles. The smallest absolute Gasteiger partial charge is 0.316 e. The SMILES string of the molecule is CCOC(=O)C1(c2ccc(-c3ccc(Br)cc3)cc2)CC1. The molecule has 108 valence electrons. The van der Waals surface area contributed by atoms with Crippen LogP contribution in [0.1, 0.15) is 25.3 Å². The van der Waals surface area contributed by atoms with Crippen molar-refractivity contribution in [3.63, 3.8) is 0 Å². The van der Waals surface area contributed by atoms with Crippen molar-refractivity contribution >= 4 is 21.9 Å². The van der Waals surface area contributed by atoms with Crippen LogP contribution in [0.25, 0.3) is 11.1 Å². The minimum absolute atomic E-state index is 0.0820. The molecular weight excluding hydrogens is 328 g/mol. The van der Waals surface area contributed by atoms with Crippen molar-refractivity contribution in [2.75, 3.05) is 6.61 Å². The number of ether oxygens (including phenoxy) is 1. The first-order valence-electron chi connectivity index (χ1n) is 7.19. The Morgan fingerprint density at radius 3 is 2.05 bits per heavy atom. The first kappa shape index (κ1) is 14.3. The molecule has 3 heteroatoms. The summed E-state index contributed by atoms with van der Waals surface area (Å²) in [5.74, 6) is -0.0820. The van der Waals surface area contributed by atoms with E-state index in [1.165, 1.54) is 5.56 Å². The monoisotopic (exact) mass is 344 g/mol. The molecule has 0 atom stereocenters. The summed E-state index contributed by atoms with van der Waals surface area (Å²) in [6.07, 6.45) is 1.78. The van der Waals surface area contributed by atoms with Crippen LogP contribution < -0.4 is 0 Å². The van der Waals surface area contributed by atoms with E-state index in [1.807, 2.05) is 19.1 Å². The minimum atomic E-state index is -0.381. The van der Waals surface area contributed by atoms with E-state index in [9.17, 15) is 4.79 Å². The molecule has 1 saturated carbocycles. The number of hydrogen-bond donors (Lipinski definition) is 0. The van der Waals surface area contributed by atoms with Crippen molar-refractivity contribution in [3.8, 4) is 11.1 Å². The van der Waals surface area contributed by atoms with E-state index in [4.69, 9.17) is 4.74 Å². The molecule has 0 bridgehead atoms. The van der Waals surface area contributed by atoms with Gasteiger partial charge in [-0.1, -0.05) is 52.3 Å². The third-order valence-electron chi connectivity index (χ3n) is 4.03. The average Bonchev–Trinajstić information content (AvgIpc) is 3.30. The van der Waals surface area contributed by atoms with Gasteiger partial charge in [0.25, 0.3) is 0 Å². The molecule has 0 saturated heterocycles. The van der Waals surface area contributed by atoms with Gasteiger partial charge in [0.1, 0.15) is 0 Å². The summed E-state index contributed by atoms with van der Waals surface area (Å²) < 4.78 is 6.28. The van der Waals surface area contributed by atoms with Gasteiger partial charge in [-0.3, -0.25) is 4.79 Å². The Labute approximate surface area is 133 Å². The quantitative estimate of drug-likeness (QED) is 0.750. The standard InChI is InChI=1S/C18H17BrO2/c1-2-21-17(20)18(11-12-18)15-7-3-13(4-8-15)14-5-9-16(19)10-6-14/h3-10H,2,11-12H2,1H3. The Kier molecular flexibility index (Phi) is 3.85. The van der Waals surface area contributed by atoms with Gasteiger partial charge in [-0.15, -0.1) is 0 Å². The summed E-state index contributed by atoms with van der Waals surface area (Å²) in [6.45, 7) is 2.29. The Morgan fingerprint density at radius 1 is 1.05 bits per heavy atom. The van der Waals surface area contributed by atoms with Gasteiger partial charge in [-0.2, -0.15) is 0 Å². The fourth-order valence-electron chi connectivity index (χ4n) is 2.63. The molecule has 21 heavy (non-hydrogen) atoms. The largest absolute Gasteiger partial charge is 0.465 e. The predicted molar refractivity (Wildman–Crippen MR) is 87.1 cm³/mol. The molecule has 1 fully saturated rings. The van der Waals surface area contributed by atoms with Crippen LogP contribution in [0.5, 0.6) is 0 Å². The molecule has 3 rings (SSSR count). The number of benzene rings is 2. The van der Waals surface area contributed by atoms with Crippen molar-refractivity contribution in [3.05, 3.63) is 58.6 Å². The molecule has 0 aliphatic heterocycles. The van der Waals surface area contributed by atoms with Crippen LogP contribution in [0.4, 0.5) is 0 Å². The number of hydrogen-bond acceptors (Lipinski definition) is 2. The molecule has 1 aliphatic carbocycles. The molecule has 2 aromatic rings. The maximum Gasteiger partial charge on any atom is 0.316 e. The zero-order chi connectivity index (χ0) is 14.9. The summed E-state index contributed by atoms with van der Waals surface area (Å²) >= 11 is 3.44. The summed E-state index contributed by atoms with van der Waals surface area (Å²) in [5.41, 5.74) is 3.02. The normalized spacial score (nSPS) is 15.5. The average molecular weight is 345 g/mol. The Balaban J connectivity index is 1.84. The predicted octanol–water partition coefficient (Wildman–Crippen LogP) is 4.71. The van der Waals surface area contributed by atoms with Crippen LogP contribution in [0.3, 0.4) is 0 Å². The number of carbonyl (C=O) groups is 1. The first-order chi connectivity index (χ1) is 10.2. The number of esters is 1. The topological polar surface area (TPSA) is 26.3 Å². The highest BCUT2D eigenvalue weighted by molar-refractivity contribution is 9.10. The number of carbonyl (C=O) groups excluding carboxylic acids is 1. The first-order valence-corrected chi connectivity index (χ1v) is 7.99. The van der Waals surface area contributed by atoms with E-state index < -0.39 is 0 Å². The Bertz CT molecular complexity index is 640. The van der Waals surface area contributed by atoms with Gasteiger partial charge in [-0.25, -0.2) is 0 Å². The number of halogens is 1. The lowest BCUT2D eigenvalue weighted by Crippen LogP contribution is -2.23. The molecule has 0 unspecified atom stereocenters. The fraction of sp³-hybridized carbons (Fsp3) is 0.278. The van der Waals surface area contributed by atoms with E-state index in [1.54, 1.807) is 0 Å². The van der Waals surface area contributed by atoms with Crippen molar-refractivity contribution < 1.29 is 9.53 Å². The van der Waals surface area contributed by atoms with E-state index >= 15 is 0 Å². The van der Waals surface area contributed by atoms with Crippen molar-refractivity contribution in [2.24, 2.45) is 0 Å². The third-order valence-corrected chi connectivity index (χ3v) is 4.56. The van der Waals surface area contributed by atoms with Crippen LogP contribution >= 0.6 is 15.9 Å². The zero-order valence-corrected chi connectivity index (χ0v) is 13.5. The van der Waals surface area contributed by atoms with Crippen LogP contribution in [-0.2, 0) is 14.9 Å². The molecule has 0 amide bonds. The molecule has 1 aliphatic rings. The molecular formula is C18H17BrO2. The van der Waals surface area contributed by atoms with Gasteiger partial charge in [0, 0.05) is 4.47 Å². The van der Waals surface area contributed by atoms with Gasteiger partial charge in [-0.05, 0) is 48.6 Å². The fourth-order valence-corrected chi connectivity index (χ4v) is 2.89. The maximum atomic E-state index is 12.1. The number of rotatable bonds is 4. The molecule has 0 N–H and O–H groups in total. The van der Waals surface area contributed by atoms with Crippen molar-refractivity contribution in [2.45, 2.75) is 25.2 Å². The summed E-state index contributed by atoms with van der Waals surface area (Å²) in [5, 5.41) is 0. The highest BCUT2D eigenvalue weighted by Crippen LogP contribution is 2.49. The van der Waals surface area contributed by atoms with Crippen LogP contribution in [0, 0.1) is 0 Å². The maximum absolute atomic E-state index is 12.1. The van der Waals surface area contributed by atoms with Gasteiger partial charge in [0.15, 0.2) is 0 Å². The van der Waals surface area contributed by atoms with Crippen LogP contribution in [0.15, 0.2) is 53.0 Å². The summed E-state index contributed by atoms with van der Waals surface area (Å²) in [7, 11) is 0. The Morgan fingerprint density at radius 2 is 1.57 bits per heavy atom. The second-order valence-corrected chi connectivity index (χ2v) is 6.30. The third kappa shape index (κ3) is 2.75. The van der Waals surface area contributed by atoms with E-state index in [-0.39, 0.29) is 11.4 Å². The van der Waals surface area contributed by atoms with Gasteiger partial charge < -0.3 is 4.74 Å². The van der Waals surface area contributed by atoms with Crippen molar-refractivity contribution in [1.29, 1.82) is 0 Å². The van der Waals surface area contributed by atoms with Crippen LogP contribution in [-0.4, -0.2) is 12.6 Å². The minimum Gasteiger partial charge on any atom is -0.465 e. The van der Waals surface area contributed by atoms with Gasteiger partial charge in [0.2, 0.25) is 0 Å². The van der Waals surface area contributed by atoms with E-state index in [0.717, 1.165) is 28.4 Å². The molecule has 0 spiro atoms. The highest BCUT2D eigenvalue weighted by atomic mass is 79.9. The lowest BCUT2D eigenvalue weighted by atomic mass is 9.94. The summed E-state index contributed by atoms with van der Waals surface area (Å²) in [4.78, 5) is 12.1. The van der Waals surface area contributed by atoms with Gasteiger partial charge >= 0.3 is 5.97 Å². The lowest BCUT2D eigenvalue weighted by Gasteiger charge is -2.14. The zero-order valence-electron chi connectivity index (χ0n) is 11.9. The molecule has 2 nitrogen and oxygen atoms in total. The van der Waals surface area contributed by atoms with Crippen molar-refractivity contribution in [1.82, 2.24) is 0 Å². The summed E-state index contributed by atoms with van der Waals surface area (Å²) in [6, 6.07) is 16.5. The molecule has 0 aromatic heterocycles. The highest BCUT2D eigenvalue weighted by Gasteiger charge is 2.52. The van der Waals surface area contributed by atoms with E-state index in [2.05, 4.69) is 52.3 Å². The van der Waals surface area contributed by atoms with E-state index in [0.29, 0.717) is 6.61 Å². The second kappa shape index (κ2) is 5.64. The molecule has 0 radical (unpaired) electrons.